The molecule has 0 saturated heterocycles. The van der Waals surface area contributed by atoms with Crippen molar-refractivity contribution in [2.45, 2.75) is 0 Å². The lowest BCUT2D eigenvalue weighted by Gasteiger charge is -2.10. The highest BCUT2D eigenvalue weighted by Crippen LogP contribution is 2.42. The van der Waals surface area contributed by atoms with Gasteiger partial charge in [-0.05, 0) is 115 Å². The van der Waals surface area contributed by atoms with Gasteiger partial charge in [0.15, 0.2) is 0 Å². The van der Waals surface area contributed by atoms with Gasteiger partial charge in [-0.15, -0.1) is 0 Å². The lowest BCUT2D eigenvalue weighted by Crippen LogP contribution is -1.91. The molecule has 0 saturated carbocycles. The topological polar surface area (TPSA) is 77.6 Å². The fourth-order valence-electron chi connectivity index (χ4n) is 9.32. The van der Waals surface area contributed by atoms with E-state index in [0.29, 0.717) is 0 Å². The Morgan fingerprint density at radius 2 is 0.639 bits per heavy atom. The number of phenolic OH excluding ortho intramolecular Hbond substituents is 1. The van der Waals surface area contributed by atoms with Gasteiger partial charge in [0.25, 0.3) is 0 Å². The first-order valence-corrected chi connectivity index (χ1v) is 20.5. The fourth-order valence-corrected chi connectivity index (χ4v) is 9.32. The molecule has 3 aromatic heterocycles. The number of benzene rings is 7. The molecule has 5 heterocycles. The monoisotopic (exact) mass is 780 g/mol. The number of hydrogen-bond donors (Lipinski definition) is 3. The first-order valence-electron chi connectivity index (χ1n) is 20.5. The molecule has 0 unspecified atom stereocenters. The van der Waals surface area contributed by atoms with E-state index in [1.54, 1.807) is 12.1 Å². The van der Waals surface area contributed by atoms with Crippen LogP contribution >= 0.6 is 0 Å². The smallest absolute Gasteiger partial charge is 0.115 e. The summed E-state index contributed by atoms with van der Waals surface area (Å²) in [5.41, 5.74) is 15.3. The lowest BCUT2D eigenvalue weighted by molar-refractivity contribution is 0.475. The minimum Gasteiger partial charge on any atom is -0.508 e. The van der Waals surface area contributed by atoms with E-state index < -0.39 is 0 Å². The van der Waals surface area contributed by atoms with Crippen molar-refractivity contribution in [3.8, 4) is 50.3 Å². The van der Waals surface area contributed by atoms with Crippen molar-refractivity contribution < 1.29 is 5.11 Å². The summed E-state index contributed by atoms with van der Waals surface area (Å²) in [6.07, 6.45) is 8.55. The van der Waals surface area contributed by atoms with Crippen molar-refractivity contribution in [3.63, 3.8) is 0 Å². The summed E-state index contributed by atoms with van der Waals surface area (Å²) in [6, 6.07) is 61.1. The van der Waals surface area contributed by atoms with E-state index in [1.165, 1.54) is 0 Å². The Morgan fingerprint density at radius 1 is 0.311 bits per heavy atom. The average molecular weight is 781 g/mol. The standard InChI is InChI=1S/C56H36N4O/c61-38-24-22-37(23-25-38)53-45-26-28-47(57-45)54(42-19-7-13-34-10-1-4-16-39(34)42)49-30-32-51(59-49)56(44-21-9-15-36-12-3-6-18-41(36)44)52-33-31-50(60-52)55(48-29-27-46(53)58-48)43-20-8-14-35-11-2-5-17-40(35)43/h1-33,57,60-61H. The van der Waals surface area contributed by atoms with Gasteiger partial charge < -0.3 is 15.1 Å². The summed E-state index contributed by atoms with van der Waals surface area (Å²) in [5.74, 6) is 0.208. The third-order valence-electron chi connectivity index (χ3n) is 12.1. The van der Waals surface area contributed by atoms with Crippen molar-refractivity contribution in [1.82, 2.24) is 19.9 Å². The molecule has 0 atom stereocenters. The van der Waals surface area contributed by atoms with Gasteiger partial charge in [-0.1, -0.05) is 140 Å². The molecular formula is C56H36N4O. The normalized spacial score (nSPS) is 12.2. The number of aromatic hydroxyl groups is 1. The summed E-state index contributed by atoms with van der Waals surface area (Å²) in [7, 11) is 0. The predicted molar refractivity (Wildman–Crippen MR) is 255 cm³/mol. The van der Waals surface area contributed by atoms with Crippen LogP contribution in [0.5, 0.6) is 5.75 Å². The van der Waals surface area contributed by atoms with Gasteiger partial charge in [-0.25, -0.2) is 9.97 Å². The highest BCUT2D eigenvalue weighted by Gasteiger charge is 2.21. The van der Waals surface area contributed by atoms with Crippen LogP contribution in [0.4, 0.5) is 0 Å². The number of aromatic nitrogens is 4. The maximum atomic E-state index is 10.4. The molecular weight excluding hydrogens is 745 g/mol. The molecule has 10 aromatic rings. The molecule has 0 radical (unpaired) electrons. The van der Waals surface area contributed by atoms with Gasteiger partial charge in [0.2, 0.25) is 0 Å². The van der Waals surface area contributed by atoms with Crippen LogP contribution in [0.3, 0.4) is 0 Å². The molecule has 0 aliphatic carbocycles. The molecule has 61 heavy (non-hydrogen) atoms. The van der Waals surface area contributed by atoms with Crippen molar-refractivity contribution in [1.29, 1.82) is 0 Å². The maximum absolute atomic E-state index is 10.4. The van der Waals surface area contributed by atoms with E-state index in [2.05, 4.69) is 186 Å². The van der Waals surface area contributed by atoms with Crippen LogP contribution in [0.2, 0.25) is 0 Å². The van der Waals surface area contributed by atoms with Crippen molar-refractivity contribution in [3.05, 3.63) is 199 Å². The van der Waals surface area contributed by atoms with Crippen LogP contribution in [0, 0.1) is 0 Å². The van der Waals surface area contributed by atoms with E-state index in [0.717, 1.165) is 122 Å². The van der Waals surface area contributed by atoms with Crippen LogP contribution in [-0.2, 0) is 0 Å². The molecule has 0 spiro atoms. The number of rotatable bonds is 4. The Kier molecular flexibility index (Phi) is 7.93. The Hall–Kier alpha value is -8.28. The molecule has 3 N–H and O–H groups in total. The predicted octanol–water partition coefficient (Wildman–Crippen LogP) is 14.5. The lowest BCUT2D eigenvalue weighted by atomic mass is 9.97. The van der Waals surface area contributed by atoms with E-state index in [1.807, 2.05) is 12.1 Å². The Balaban J connectivity index is 1.29. The highest BCUT2D eigenvalue weighted by atomic mass is 16.3. The molecule has 5 nitrogen and oxygen atoms in total. The molecule has 286 valence electrons. The van der Waals surface area contributed by atoms with Crippen molar-refractivity contribution >= 4 is 78.7 Å². The molecule has 12 rings (SSSR count). The maximum Gasteiger partial charge on any atom is 0.115 e. The van der Waals surface area contributed by atoms with E-state index >= 15 is 0 Å². The minimum atomic E-state index is 0.208. The van der Waals surface area contributed by atoms with Crippen LogP contribution in [0.25, 0.3) is 123 Å². The van der Waals surface area contributed by atoms with Crippen LogP contribution in [-0.4, -0.2) is 25.0 Å². The SMILES string of the molecule is Oc1ccc(-c2c3nc(c(-c4cccc5ccccc45)c4ccc([nH]4)c(-c4cccc5ccccc45)c4nc(c(-c5cccc6ccccc56)c5ccc2[nH]5)C=C4)C=C3)cc1. The minimum absolute atomic E-state index is 0.208. The van der Waals surface area contributed by atoms with Gasteiger partial charge >= 0.3 is 0 Å². The fraction of sp³-hybridized carbons (Fsp3) is 0. The molecule has 2 aliphatic rings. The number of hydrogen-bond acceptors (Lipinski definition) is 3. The first kappa shape index (κ1) is 34.7. The van der Waals surface area contributed by atoms with Crippen LogP contribution in [0.15, 0.2) is 176 Å². The van der Waals surface area contributed by atoms with Gasteiger partial charge in [0.1, 0.15) is 5.75 Å². The average Bonchev–Trinajstić information content (AvgIpc) is 4.16. The number of H-pyrrole nitrogens is 2. The van der Waals surface area contributed by atoms with E-state index in [-0.39, 0.29) is 5.75 Å². The van der Waals surface area contributed by atoms with Crippen LogP contribution in [0.1, 0.15) is 22.8 Å². The molecule has 7 aromatic carbocycles. The number of nitrogens with one attached hydrogen (secondary N) is 2. The first-order chi connectivity index (χ1) is 30.1. The van der Waals surface area contributed by atoms with E-state index in [4.69, 9.17) is 9.97 Å². The van der Waals surface area contributed by atoms with Gasteiger partial charge in [0, 0.05) is 44.3 Å². The quantitative estimate of drug-likeness (QED) is 0.166. The third kappa shape index (κ3) is 5.78. The summed E-state index contributed by atoms with van der Waals surface area (Å²) in [4.78, 5) is 18.9. The zero-order valence-electron chi connectivity index (χ0n) is 32.9. The third-order valence-corrected chi connectivity index (χ3v) is 12.1. The zero-order chi connectivity index (χ0) is 40.4. The second-order valence-corrected chi connectivity index (χ2v) is 15.6. The van der Waals surface area contributed by atoms with Crippen molar-refractivity contribution in [2.75, 3.05) is 0 Å². The van der Waals surface area contributed by atoms with Gasteiger partial charge in [0.05, 0.1) is 22.8 Å². The van der Waals surface area contributed by atoms with Gasteiger partial charge in [-0.2, -0.15) is 0 Å². The second-order valence-electron chi connectivity index (χ2n) is 15.6. The number of nitrogens with zero attached hydrogens (tertiary/aromatic N) is 2. The largest absolute Gasteiger partial charge is 0.508 e. The molecule has 0 fully saturated rings. The summed E-state index contributed by atoms with van der Waals surface area (Å²) in [6.45, 7) is 0. The van der Waals surface area contributed by atoms with Crippen LogP contribution < -0.4 is 0 Å². The molecule has 0 amide bonds. The molecule has 5 heteroatoms. The Morgan fingerprint density at radius 3 is 1.03 bits per heavy atom. The van der Waals surface area contributed by atoms with E-state index in [9.17, 15) is 5.11 Å². The summed E-state index contributed by atoms with van der Waals surface area (Å²) in [5, 5.41) is 17.3. The second kappa shape index (κ2) is 13.9. The molecule has 8 bridgehead atoms. The number of aromatic amines is 2. The highest BCUT2D eigenvalue weighted by molar-refractivity contribution is 6.09. The molecule has 2 aliphatic heterocycles. The van der Waals surface area contributed by atoms with Gasteiger partial charge in [-0.3, -0.25) is 0 Å². The Bertz CT molecular complexity index is 3570. The zero-order valence-corrected chi connectivity index (χ0v) is 32.9. The summed E-state index contributed by atoms with van der Waals surface area (Å²) >= 11 is 0. The number of phenols is 1. The number of fused-ring (bicyclic) bond motifs is 11. The van der Waals surface area contributed by atoms with Crippen molar-refractivity contribution in [2.24, 2.45) is 0 Å². The summed E-state index contributed by atoms with van der Waals surface area (Å²) < 4.78 is 0. The Labute approximate surface area is 351 Å².